The second kappa shape index (κ2) is 7.19. The van der Waals surface area contributed by atoms with Crippen LogP contribution in [-0.2, 0) is 21.3 Å². The van der Waals surface area contributed by atoms with Gasteiger partial charge in [-0.15, -0.1) is 0 Å². The lowest BCUT2D eigenvalue weighted by Gasteiger charge is -2.13. The van der Waals surface area contributed by atoms with Crippen LogP contribution in [0, 0.1) is 11.3 Å². The van der Waals surface area contributed by atoms with Crippen LogP contribution in [0.25, 0.3) is 0 Å². The number of nitriles is 1. The second-order valence-corrected chi connectivity index (χ2v) is 4.26. The van der Waals surface area contributed by atoms with Crippen LogP contribution in [0.15, 0.2) is 12.1 Å². The van der Waals surface area contributed by atoms with Crippen LogP contribution in [0.2, 0.25) is 0 Å². The molecule has 0 bridgehead atoms. The normalized spacial score (nSPS) is 10.3. The fourth-order valence-corrected chi connectivity index (χ4v) is 2.18. The first kappa shape index (κ1) is 15.6. The van der Waals surface area contributed by atoms with Gasteiger partial charge in [-0.3, -0.25) is 4.79 Å². The minimum Gasteiger partial charge on any atom is -0.466 e. The maximum Gasteiger partial charge on any atom is 0.310 e. The third kappa shape index (κ3) is 3.74. The molecule has 1 aromatic carbocycles. The number of carbonyl (C=O) groups excluding carboxylic acids is 1. The Kier molecular flexibility index (Phi) is 5.90. The van der Waals surface area contributed by atoms with Crippen LogP contribution < -0.4 is 0 Å². The minimum absolute atomic E-state index is 0.0490. The molecule has 1 rings (SSSR count). The zero-order valence-corrected chi connectivity index (χ0v) is 11.8. The van der Waals surface area contributed by atoms with Crippen molar-refractivity contribution in [2.75, 3.05) is 6.61 Å². The van der Waals surface area contributed by atoms with E-state index < -0.39 is 12.4 Å². The SMILES string of the molecule is CCOC(=O)Cc1c(C(F)F)ccc(CBr)c1C#N. The summed E-state index contributed by atoms with van der Waals surface area (Å²) in [7, 11) is 0. The highest BCUT2D eigenvalue weighted by Gasteiger charge is 2.21. The predicted molar refractivity (Wildman–Crippen MR) is 69.1 cm³/mol. The van der Waals surface area contributed by atoms with E-state index in [-0.39, 0.29) is 29.7 Å². The molecular formula is C13H12BrF2NO2. The van der Waals surface area contributed by atoms with E-state index in [2.05, 4.69) is 15.9 Å². The number of benzene rings is 1. The van der Waals surface area contributed by atoms with E-state index in [1.54, 1.807) is 6.92 Å². The Labute approximate surface area is 118 Å². The van der Waals surface area contributed by atoms with E-state index in [0.29, 0.717) is 10.9 Å². The minimum atomic E-state index is -2.74. The Morgan fingerprint density at radius 3 is 2.68 bits per heavy atom. The van der Waals surface area contributed by atoms with Crippen molar-refractivity contribution in [2.24, 2.45) is 0 Å². The van der Waals surface area contributed by atoms with Gasteiger partial charge in [0.05, 0.1) is 24.7 Å². The molecule has 0 spiro atoms. The summed E-state index contributed by atoms with van der Waals surface area (Å²) in [6, 6.07) is 4.60. The molecule has 0 saturated carbocycles. The number of rotatable bonds is 5. The number of nitrogens with zero attached hydrogens (tertiary/aromatic N) is 1. The highest BCUT2D eigenvalue weighted by atomic mass is 79.9. The van der Waals surface area contributed by atoms with Crippen molar-refractivity contribution >= 4 is 21.9 Å². The highest BCUT2D eigenvalue weighted by Crippen LogP contribution is 2.29. The largest absolute Gasteiger partial charge is 0.466 e. The molecule has 0 atom stereocenters. The molecule has 0 fully saturated rings. The standard InChI is InChI=1S/C13H12BrF2NO2/c1-2-19-12(18)5-10-9(13(15)16)4-3-8(6-14)11(10)7-17/h3-4,13H,2,5-6H2,1H3. The Balaban J connectivity index is 3.30. The molecule has 0 radical (unpaired) electrons. The summed E-state index contributed by atoms with van der Waals surface area (Å²) in [5, 5.41) is 9.47. The average Bonchev–Trinajstić information content (AvgIpc) is 2.37. The van der Waals surface area contributed by atoms with E-state index in [1.807, 2.05) is 6.07 Å². The lowest BCUT2D eigenvalue weighted by Crippen LogP contribution is -2.12. The van der Waals surface area contributed by atoms with Gasteiger partial charge < -0.3 is 4.74 Å². The van der Waals surface area contributed by atoms with E-state index in [1.165, 1.54) is 12.1 Å². The van der Waals surface area contributed by atoms with Crippen LogP contribution >= 0.6 is 15.9 Å². The van der Waals surface area contributed by atoms with Crippen LogP contribution in [0.3, 0.4) is 0 Å². The molecule has 3 nitrogen and oxygen atoms in total. The zero-order valence-electron chi connectivity index (χ0n) is 10.3. The second-order valence-electron chi connectivity index (χ2n) is 3.70. The van der Waals surface area contributed by atoms with E-state index in [9.17, 15) is 13.6 Å². The number of esters is 1. The van der Waals surface area contributed by atoms with Gasteiger partial charge >= 0.3 is 5.97 Å². The monoisotopic (exact) mass is 331 g/mol. The summed E-state index contributed by atoms with van der Waals surface area (Å²) in [4.78, 5) is 11.5. The summed E-state index contributed by atoms with van der Waals surface area (Å²) in [6.45, 7) is 1.80. The predicted octanol–water partition coefficient (Wildman–Crippen LogP) is 3.50. The van der Waals surface area contributed by atoms with Gasteiger partial charge in [0.2, 0.25) is 0 Å². The third-order valence-electron chi connectivity index (χ3n) is 2.55. The summed E-state index contributed by atoms with van der Waals surface area (Å²) >= 11 is 3.19. The van der Waals surface area contributed by atoms with Gasteiger partial charge in [-0.05, 0) is 18.1 Å². The smallest absolute Gasteiger partial charge is 0.310 e. The third-order valence-corrected chi connectivity index (χ3v) is 3.16. The molecule has 0 amide bonds. The number of alkyl halides is 3. The zero-order chi connectivity index (χ0) is 14.4. The van der Waals surface area contributed by atoms with Gasteiger partial charge in [0.1, 0.15) is 0 Å². The Morgan fingerprint density at radius 2 is 2.21 bits per heavy atom. The first-order valence-electron chi connectivity index (χ1n) is 5.59. The Bertz CT molecular complexity index is 512. The van der Waals surface area contributed by atoms with E-state index in [4.69, 9.17) is 10.00 Å². The van der Waals surface area contributed by atoms with Gasteiger partial charge in [0, 0.05) is 10.9 Å². The summed E-state index contributed by atoms with van der Waals surface area (Å²) in [5.41, 5.74) is 0.441. The number of carbonyl (C=O) groups is 1. The van der Waals surface area contributed by atoms with Gasteiger partial charge in [0.15, 0.2) is 0 Å². The van der Waals surface area contributed by atoms with Gasteiger partial charge in [-0.2, -0.15) is 5.26 Å². The first-order chi connectivity index (χ1) is 9.04. The van der Waals surface area contributed by atoms with Crippen molar-refractivity contribution in [3.63, 3.8) is 0 Å². The number of ether oxygens (including phenoxy) is 1. The molecule has 0 N–H and O–H groups in total. The molecule has 0 aliphatic rings. The fourth-order valence-electron chi connectivity index (χ4n) is 1.71. The number of halogens is 3. The molecule has 0 aromatic heterocycles. The summed E-state index contributed by atoms with van der Waals surface area (Å²) in [5.74, 6) is -0.618. The average molecular weight is 332 g/mol. The molecule has 0 aliphatic carbocycles. The van der Waals surface area contributed by atoms with Crippen molar-refractivity contribution in [1.82, 2.24) is 0 Å². The number of hydrogen-bond acceptors (Lipinski definition) is 3. The molecule has 102 valence electrons. The van der Waals surface area contributed by atoms with E-state index >= 15 is 0 Å². The quantitative estimate of drug-likeness (QED) is 0.613. The van der Waals surface area contributed by atoms with Crippen LogP contribution in [0.1, 0.15) is 35.6 Å². The van der Waals surface area contributed by atoms with Crippen LogP contribution in [0.4, 0.5) is 8.78 Å². The van der Waals surface area contributed by atoms with Crippen LogP contribution in [0.5, 0.6) is 0 Å². The Morgan fingerprint density at radius 1 is 1.53 bits per heavy atom. The maximum atomic E-state index is 12.9. The Hall–Kier alpha value is -1.48. The lowest BCUT2D eigenvalue weighted by molar-refractivity contribution is -0.142. The molecule has 6 heteroatoms. The molecule has 19 heavy (non-hydrogen) atoms. The maximum absolute atomic E-state index is 12.9. The summed E-state index contributed by atoms with van der Waals surface area (Å²) < 4.78 is 30.6. The molecule has 0 saturated heterocycles. The lowest BCUT2D eigenvalue weighted by atomic mass is 9.95. The molecule has 1 aromatic rings. The number of hydrogen-bond donors (Lipinski definition) is 0. The van der Waals surface area contributed by atoms with Crippen molar-refractivity contribution in [3.8, 4) is 6.07 Å². The summed E-state index contributed by atoms with van der Waals surface area (Å²) in [6.07, 6.45) is -3.06. The van der Waals surface area contributed by atoms with Crippen LogP contribution in [-0.4, -0.2) is 12.6 Å². The highest BCUT2D eigenvalue weighted by molar-refractivity contribution is 9.08. The van der Waals surface area contributed by atoms with Gasteiger partial charge in [-0.1, -0.05) is 28.1 Å². The molecule has 0 heterocycles. The fraction of sp³-hybridized carbons (Fsp3) is 0.385. The van der Waals surface area contributed by atoms with Crippen molar-refractivity contribution in [1.29, 1.82) is 5.26 Å². The topological polar surface area (TPSA) is 50.1 Å². The van der Waals surface area contributed by atoms with Crippen molar-refractivity contribution in [3.05, 3.63) is 34.4 Å². The van der Waals surface area contributed by atoms with Gasteiger partial charge in [-0.25, -0.2) is 8.78 Å². The van der Waals surface area contributed by atoms with E-state index in [0.717, 1.165) is 0 Å². The van der Waals surface area contributed by atoms with Crippen molar-refractivity contribution in [2.45, 2.75) is 25.1 Å². The first-order valence-corrected chi connectivity index (χ1v) is 6.71. The molecule has 0 unspecified atom stereocenters. The van der Waals surface area contributed by atoms with Crippen molar-refractivity contribution < 1.29 is 18.3 Å². The van der Waals surface area contributed by atoms with Gasteiger partial charge in [0.25, 0.3) is 6.43 Å². The molecule has 0 aliphatic heterocycles. The molecular weight excluding hydrogens is 320 g/mol.